The van der Waals surface area contributed by atoms with Gasteiger partial charge < -0.3 is 5.32 Å². The summed E-state index contributed by atoms with van der Waals surface area (Å²) in [6, 6.07) is 5.33. The Morgan fingerprint density at radius 2 is 2.11 bits per heavy atom. The Hall–Kier alpha value is -1.66. The first kappa shape index (κ1) is 11.4. The summed E-state index contributed by atoms with van der Waals surface area (Å²) in [6.07, 6.45) is 0. The van der Waals surface area contributed by atoms with Gasteiger partial charge in [0.05, 0.1) is 5.69 Å². The molecule has 0 spiro atoms. The normalized spacial score (nSPS) is 12.6. The summed E-state index contributed by atoms with van der Waals surface area (Å²) in [5.74, 6) is 0. The fourth-order valence-corrected chi connectivity index (χ4v) is 2.97. The summed E-state index contributed by atoms with van der Waals surface area (Å²) < 4.78 is 1.04. The Labute approximate surface area is 111 Å². The van der Waals surface area contributed by atoms with Crippen LogP contribution in [-0.2, 0) is 7.05 Å². The Morgan fingerprint density at radius 1 is 1.33 bits per heavy atom. The van der Waals surface area contributed by atoms with Gasteiger partial charge in [-0.15, -0.1) is 0 Å². The number of hydrogen-bond donors (Lipinski definition) is 2. The second-order valence-corrected chi connectivity index (χ2v) is 5.35. The molecule has 0 saturated heterocycles. The number of nitrogens with zero attached hydrogens (tertiary/aromatic N) is 1. The lowest BCUT2D eigenvalue weighted by Crippen LogP contribution is -2.35. The van der Waals surface area contributed by atoms with E-state index < -0.39 is 5.69 Å². The fraction of sp³-hybridized carbons (Fsp3) is 0.0909. The van der Waals surface area contributed by atoms with Crippen molar-refractivity contribution in [3.05, 3.63) is 44.1 Å². The van der Waals surface area contributed by atoms with Crippen molar-refractivity contribution < 1.29 is 0 Å². The molecule has 0 bridgehead atoms. The average molecular weight is 282 g/mol. The zero-order valence-corrected chi connectivity index (χ0v) is 10.9. The molecule has 0 radical (unpaired) electrons. The third kappa shape index (κ3) is 1.65. The van der Waals surface area contributed by atoms with Crippen LogP contribution in [0, 0.1) is 0 Å². The van der Waals surface area contributed by atoms with Crippen molar-refractivity contribution in [3.8, 4) is 0 Å². The van der Waals surface area contributed by atoms with Gasteiger partial charge in [0.2, 0.25) is 0 Å². The minimum Gasteiger partial charge on any atom is -0.348 e. The number of halogens is 1. The van der Waals surface area contributed by atoms with Crippen molar-refractivity contribution in [2.75, 3.05) is 5.32 Å². The van der Waals surface area contributed by atoms with Crippen LogP contribution in [0.2, 0.25) is 5.02 Å². The van der Waals surface area contributed by atoms with Gasteiger partial charge in [-0.3, -0.25) is 14.3 Å². The Kier molecular flexibility index (Phi) is 2.49. The summed E-state index contributed by atoms with van der Waals surface area (Å²) in [5.41, 5.74) is 0.415. The van der Waals surface area contributed by atoms with E-state index in [1.165, 1.54) is 18.8 Å². The highest BCUT2D eigenvalue weighted by molar-refractivity contribution is 7.99. The predicted molar refractivity (Wildman–Crippen MR) is 71.2 cm³/mol. The van der Waals surface area contributed by atoms with E-state index in [1.54, 1.807) is 18.2 Å². The molecule has 0 fully saturated rings. The summed E-state index contributed by atoms with van der Waals surface area (Å²) in [7, 11) is 1.44. The monoisotopic (exact) mass is 281 g/mol. The second-order valence-electron chi connectivity index (χ2n) is 3.87. The minimum atomic E-state index is -0.432. The van der Waals surface area contributed by atoms with Gasteiger partial charge in [0.15, 0.2) is 0 Å². The molecule has 18 heavy (non-hydrogen) atoms. The number of aromatic amines is 1. The van der Waals surface area contributed by atoms with Crippen molar-refractivity contribution >= 4 is 34.7 Å². The quantitative estimate of drug-likeness (QED) is 0.618. The lowest BCUT2D eigenvalue weighted by atomic mass is 10.3. The summed E-state index contributed by atoms with van der Waals surface area (Å²) >= 11 is 7.23. The van der Waals surface area contributed by atoms with Gasteiger partial charge in [0.1, 0.15) is 10.7 Å². The molecule has 0 unspecified atom stereocenters. The number of H-pyrrole nitrogens is 1. The van der Waals surface area contributed by atoms with E-state index in [-0.39, 0.29) is 5.56 Å². The van der Waals surface area contributed by atoms with E-state index in [0.717, 1.165) is 15.1 Å². The van der Waals surface area contributed by atoms with Crippen LogP contribution >= 0.6 is 23.4 Å². The van der Waals surface area contributed by atoms with Crippen LogP contribution in [0.15, 0.2) is 37.7 Å². The van der Waals surface area contributed by atoms with Gasteiger partial charge in [-0.2, -0.15) is 0 Å². The predicted octanol–water partition coefficient (Wildman–Crippen LogP) is 1.94. The fourth-order valence-electron chi connectivity index (χ4n) is 1.72. The van der Waals surface area contributed by atoms with Gasteiger partial charge in [-0.25, -0.2) is 4.79 Å². The summed E-state index contributed by atoms with van der Waals surface area (Å²) in [5, 5.41) is 4.14. The molecule has 1 aromatic heterocycles. The zero-order valence-electron chi connectivity index (χ0n) is 9.28. The van der Waals surface area contributed by atoms with E-state index in [0.29, 0.717) is 15.7 Å². The molecular weight excluding hydrogens is 274 g/mol. The average Bonchev–Trinajstić information content (AvgIpc) is 2.34. The molecule has 0 aliphatic carbocycles. The number of nitrogens with one attached hydrogen (secondary N) is 2. The number of anilines is 2. The van der Waals surface area contributed by atoms with Gasteiger partial charge in [0, 0.05) is 17.0 Å². The van der Waals surface area contributed by atoms with E-state index in [1.807, 2.05) is 0 Å². The molecule has 1 aliphatic rings. The van der Waals surface area contributed by atoms with Crippen LogP contribution in [0.1, 0.15) is 0 Å². The molecule has 1 aliphatic heterocycles. The smallest absolute Gasteiger partial charge is 0.329 e. The first-order chi connectivity index (χ1) is 8.56. The van der Waals surface area contributed by atoms with Crippen LogP contribution < -0.4 is 16.6 Å². The Morgan fingerprint density at radius 3 is 2.89 bits per heavy atom. The van der Waals surface area contributed by atoms with Crippen LogP contribution in [-0.4, -0.2) is 9.55 Å². The number of fused-ring (bicyclic) bond motifs is 2. The number of benzene rings is 1. The Balaban J connectivity index is 2.23. The van der Waals surface area contributed by atoms with Crippen LogP contribution in [0.3, 0.4) is 0 Å². The maximum atomic E-state index is 12.0. The highest BCUT2D eigenvalue weighted by Gasteiger charge is 2.20. The second kappa shape index (κ2) is 3.93. The standard InChI is InChI=1S/C11H8ClN3O2S/c1-15-10(16)8-9(14-11(15)17)18-7-4-5(12)2-3-6(7)13-8/h2-4,13H,1H3,(H,14,17). The summed E-state index contributed by atoms with van der Waals surface area (Å²) in [6.45, 7) is 0. The minimum absolute atomic E-state index is 0.346. The highest BCUT2D eigenvalue weighted by Crippen LogP contribution is 2.41. The molecule has 2 N–H and O–H groups in total. The van der Waals surface area contributed by atoms with E-state index in [2.05, 4.69) is 10.3 Å². The van der Waals surface area contributed by atoms with Gasteiger partial charge >= 0.3 is 5.69 Å². The van der Waals surface area contributed by atoms with Crippen molar-refractivity contribution in [2.24, 2.45) is 7.05 Å². The van der Waals surface area contributed by atoms with Crippen LogP contribution in [0.5, 0.6) is 0 Å². The number of hydrogen-bond acceptors (Lipinski definition) is 4. The number of aromatic nitrogens is 2. The molecule has 7 heteroatoms. The van der Waals surface area contributed by atoms with Gasteiger partial charge in [-0.05, 0) is 18.2 Å². The van der Waals surface area contributed by atoms with E-state index in [4.69, 9.17) is 11.6 Å². The zero-order chi connectivity index (χ0) is 12.9. The maximum absolute atomic E-state index is 12.0. The largest absolute Gasteiger partial charge is 0.348 e. The molecule has 3 rings (SSSR count). The summed E-state index contributed by atoms with van der Waals surface area (Å²) in [4.78, 5) is 27.0. The molecule has 1 aromatic carbocycles. The van der Waals surface area contributed by atoms with Crippen LogP contribution in [0.25, 0.3) is 0 Å². The highest BCUT2D eigenvalue weighted by atomic mass is 35.5. The van der Waals surface area contributed by atoms with Crippen molar-refractivity contribution in [1.29, 1.82) is 0 Å². The SMILES string of the molecule is Cn1c(=O)[nH]c2c(c1=O)Nc1ccc(Cl)cc1S2. The molecule has 2 heterocycles. The Bertz CT molecular complexity index is 766. The lowest BCUT2D eigenvalue weighted by Gasteiger charge is -2.19. The van der Waals surface area contributed by atoms with Crippen molar-refractivity contribution in [1.82, 2.24) is 9.55 Å². The molecule has 92 valence electrons. The number of rotatable bonds is 0. The molecule has 2 aromatic rings. The third-order valence-electron chi connectivity index (χ3n) is 2.69. The van der Waals surface area contributed by atoms with Gasteiger partial charge in [-0.1, -0.05) is 23.4 Å². The van der Waals surface area contributed by atoms with Crippen molar-refractivity contribution in [2.45, 2.75) is 9.92 Å². The molecule has 5 nitrogen and oxygen atoms in total. The van der Waals surface area contributed by atoms with E-state index >= 15 is 0 Å². The molecule has 0 atom stereocenters. The van der Waals surface area contributed by atoms with E-state index in [9.17, 15) is 9.59 Å². The van der Waals surface area contributed by atoms with Crippen molar-refractivity contribution in [3.63, 3.8) is 0 Å². The van der Waals surface area contributed by atoms with Crippen LogP contribution in [0.4, 0.5) is 11.4 Å². The first-order valence-electron chi connectivity index (χ1n) is 5.14. The lowest BCUT2D eigenvalue weighted by molar-refractivity contribution is 0.752. The first-order valence-corrected chi connectivity index (χ1v) is 6.33. The maximum Gasteiger partial charge on any atom is 0.329 e. The molecule has 0 amide bonds. The topological polar surface area (TPSA) is 66.9 Å². The molecule has 0 saturated carbocycles. The van der Waals surface area contributed by atoms with Gasteiger partial charge in [0.25, 0.3) is 5.56 Å². The molecular formula is C11H8ClN3O2S. The third-order valence-corrected chi connectivity index (χ3v) is 3.99.